The fourth-order valence-electron chi connectivity index (χ4n) is 1.99. The van der Waals surface area contributed by atoms with E-state index in [0.29, 0.717) is 18.1 Å². The molecular formula is C12H15ClN2O3. The molecule has 0 bridgehead atoms. The van der Waals surface area contributed by atoms with Crippen molar-refractivity contribution in [3.63, 3.8) is 0 Å². The van der Waals surface area contributed by atoms with Gasteiger partial charge in [-0.2, -0.15) is 0 Å². The second-order valence-electron chi connectivity index (χ2n) is 4.17. The van der Waals surface area contributed by atoms with E-state index in [0.717, 1.165) is 0 Å². The second-order valence-corrected chi connectivity index (χ2v) is 4.61. The molecule has 1 heterocycles. The Morgan fingerprint density at radius 1 is 1.56 bits per heavy atom. The molecule has 0 spiro atoms. The number of hydrogen-bond acceptors (Lipinski definition) is 4. The number of hydrogen-bond donors (Lipinski definition) is 3. The molecule has 1 saturated heterocycles. The maximum absolute atomic E-state index is 12.0. The quantitative estimate of drug-likeness (QED) is 0.759. The summed E-state index contributed by atoms with van der Waals surface area (Å²) >= 11 is 5.72. The van der Waals surface area contributed by atoms with Gasteiger partial charge in [0.05, 0.1) is 17.7 Å². The van der Waals surface area contributed by atoms with Crippen LogP contribution in [0.15, 0.2) is 18.2 Å². The third-order valence-electron chi connectivity index (χ3n) is 2.98. The van der Waals surface area contributed by atoms with Crippen LogP contribution in [0.2, 0.25) is 5.02 Å². The molecule has 1 amide bonds. The Balaban J connectivity index is 2.07. The van der Waals surface area contributed by atoms with Crippen LogP contribution in [0.25, 0.3) is 0 Å². The van der Waals surface area contributed by atoms with E-state index in [-0.39, 0.29) is 29.4 Å². The molecule has 1 aliphatic heterocycles. The first-order valence-corrected chi connectivity index (χ1v) is 6.02. The van der Waals surface area contributed by atoms with E-state index in [1.54, 1.807) is 13.2 Å². The third kappa shape index (κ3) is 2.75. The molecule has 5 nitrogen and oxygen atoms in total. The Hall–Kier alpha value is -1.30. The van der Waals surface area contributed by atoms with E-state index < -0.39 is 0 Å². The molecule has 0 aliphatic carbocycles. The van der Waals surface area contributed by atoms with Gasteiger partial charge in [0.1, 0.15) is 5.75 Å². The van der Waals surface area contributed by atoms with Crippen molar-refractivity contribution in [2.75, 3.05) is 20.2 Å². The number of halogens is 1. The van der Waals surface area contributed by atoms with Gasteiger partial charge in [0.25, 0.3) is 5.91 Å². The third-order valence-corrected chi connectivity index (χ3v) is 3.22. The molecule has 1 aromatic rings. The first-order chi connectivity index (χ1) is 8.61. The van der Waals surface area contributed by atoms with Crippen LogP contribution in [0.1, 0.15) is 10.4 Å². The largest absolute Gasteiger partial charge is 0.507 e. The first kappa shape index (κ1) is 13.1. The predicted octanol–water partition coefficient (Wildman–Crippen LogP) is 0.762. The van der Waals surface area contributed by atoms with Gasteiger partial charge in [-0.25, -0.2) is 0 Å². The summed E-state index contributed by atoms with van der Waals surface area (Å²) in [5, 5.41) is 16.0. The maximum atomic E-state index is 12.0. The van der Waals surface area contributed by atoms with E-state index in [1.165, 1.54) is 12.1 Å². The molecular weight excluding hydrogens is 256 g/mol. The molecule has 2 rings (SSSR count). The summed E-state index contributed by atoms with van der Waals surface area (Å²) in [6.45, 7) is 1.35. The smallest absolute Gasteiger partial charge is 0.255 e. The Morgan fingerprint density at radius 3 is 3.00 bits per heavy atom. The average Bonchev–Trinajstić information content (AvgIpc) is 2.76. The second kappa shape index (κ2) is 5.56. The molecule has 18 heavy (non-hydrogen) atoms. The fraction of sp³-hybridized carbons (Fsp3) is 0.417. The molecule has 1 fully saturated rings. The van der Waals surface area contributed by atoms with E-state index in [1.807, 2.05) is 0 Å². The van der Waals surface area contributed by atoms with Crippen molar-refractivity contribution in [3.8, 4) is 5.75 Å². The highest BCUT2D eigenvalue weighted by atomic mass is 35.5. The van der Waals surface area contributed by atoms with E-state index >= 15 is 0 Å². The molecule has 1 aromatic carbocycles. The van der Waals surface area contributed by atoms with E-state index in [2.05, 4.69) is 10.6 Å². The minimum absolute atomic E-state index is 0.0524. The van der Waals surface area contributed by atoms with Crippen molar-refractivity contribution in [1.82, 2.24) is 10.6 Å². The highest BCUT2D eigenvalue weighted by molar-refractivity contribution is 6.30. The van der Waals surface area contributed by atoms with E-state index in [9.17, 15) is 9.90 Å². The highest BCUT2D eigenvalue weighted by Gasteiger charge is 2.28. The van der Waals surface area contributed by atoms with Gasteiger partial charge in [-0.15, -0.1) is 0 Å². The number of phenolic OH excluding ortho intramolecular Hbond substituents is 1. The number of nitrogens with one attached hydrogen (secondary N) is 2. The van der Waals surface area contributed by atoms with Crippen molar-refractivity contribution in [1.29, 1.82) is 0 Å². The van der Waals surface area contributed by atoms with Crippen LogP contribution in [0.4, 0.5) is 0 Å². The normalized spacial score (nSPS) is 23.0. The summed E-state index contributed by atoms with van der Waals surface area (Å²) in [5.74, 6) is -0.458. The predicted molar refractivity (Wildman–Crippen MR) is 68.0 cm³/mol. The Labute approximate surface area is 110 Å². The minimum atomic E-state index is -0.333. The number of amides is 1. The number of rotatable bonds is 3. The average molecular weight is 271 g/mol. The minimum Gasteiger partial charge on any atom is -0.507 e. The molecule has 0 saturated carbocycles. The zero-order valence-corrected chi connectivity index (χ0v) is 10.7. The molecule has 6 heteroatoms. The number of methoxy groups -OCH3 is 1. The van der Waals surface area contributed by atoms with Crippen LogP contribution in [0.3, 0.4) is 0 Å². The van der Waals surface area contributed by atoms with Gasteiger partial charge in [-0.05, 0) is 18.2 Å². The fourth-order valence-corrected chi connectivity index (χ4v) is 2.16. The van der Waals surface area contributed by atoms with Crippen LogP contribution in [-0.4, -0.2) is 43.4 Å². The highest BCUT2D eigenvalue weighted by Crippen LogP contribution is 2.22. The molecule has 0 aromatic heterocycles. The lowest BCUT2D eigenvalue weighted by Crippen LogP contribution is -2.43. The Bertz CT molecular complexity index is 453. The topological polar surface area (TPSA) is 70.6 Å². The zero-order valence-electron chi connectivity index (χ0n) is 9.94. The van der Waals surface area contributed by atoms with Gasteiger partial charge in [0.2, 0.25) is 0 Å². The molecule has 3 N–H and O–H groups in total. The van der Waals surface area contributed by atoms with Gasteiger partial charge in [0, 0.05) is 25.2 Å². The van der Waals surface area contributed by atoms with Gasteiger partial charge in [-0.3, -0.25) is 4.79 Å². The molecule has 98 valence electrons. The zero-order chi connectivity index (χ0) is 13.1. The number of carbonyl (C=O) groups is 1. The summed E-state index contributed by atoms with van der Waals surface area (Å²) in [5.41, 5.74) is 0.209. The molecule has 1 unspecified atom stereocenters. The standard InChI is InChI=1S/C12H15ClN2O3/c1-18-11-6-14-5-9(11)15-12(17)8-3-2-7(13)4-10(8)16/h2-4,9,11,14,16H,5-6H2,1H3,(H,15,17)/t9?,11-/m1/s1. The summed E-state index contributed by atoms with van der Waals surface area (Å²) < 4.78 is 5.25. The van der Waals surface area contributed by atoms with Crippen molar-refractivity contribution in [3.05, 3.63) is 28.8 Å². The lowest BCUT2D eigenvalue weighted by Gasteiger charge is -2.18. The maximum Gasteiger partial charge on any atom is 0.255 e. The summed E-state index contributed by atoms with van der Waals surface area (Å²) in [6.07, 6.45) is -0.0524. The van der Waals surface area contributed by atoms with E-state index in [4.69, 9.17) is 16.3 Å². The lowest BCUT2D eigenvalue weighted by atomic mass is 10.1. The number of carbonyl (C=O) groups excluding carboxylic acids is 1. The van der Waals surface area contributed by atoms with Gasteiger partial charge >= 0.3 is 0 Å². The number of ether oxygens (including phenoxy) is 1. The van der Waals surface area contributed by atoms with Gasteiger partial charge < -0.3 is 20.5 Å². The van der Waals surface area contributed by atoms with Crippen molar-refractivity contribution in [2.45, 2.75) is 12.1 Å². The SMILES string of the molecule is CO[C@@H]1CNCC1NC(=O)c1ccc(Cl)cc1O. The molecule has 0 radical (unpaired) electrons. The van der Waals surface area contributed by atoms with Crippen molar-refractivity contribution >= 4 is 17.5 Å². The number of phenols is 1. The van der Waals surface area contributed by atoms with Crippen LogP contribution in [0.5, 0.6) is 5.75 Å². The van der Waals surface area contributed by atoms with Gasteiger partial charge in [0.15, 0.2) is 0 Å². The molecule has 1 aliphatic rings. The lowest BCUT2D eigenvalue weighted by molar-refractivity contribution is 0.0778. The monoisotopic (exact) mass is 270 g/mol. The van der Waals surface area contributed by atoms with Crippen LogP contribution in [0, 0.1) is 0 Å². The first-order valence-electron chi connectivity index (χ1n) is 5.64. The van der Waals surface area contributed by atoms with Gasteiger partial charge in [-0.1, -0.05) is 11.6 Å². The summed E-state index contributed by atoms with van der Waals surface area (Å²) in [6, 6.07) is 4.31. The Kier molecular flexibility index (Phi) is 4.06. The summed E-state index contributed by atoms with van der Waals surface area (Å²) in [7, 11) is 1.61. The molecule has 2 atom stereocenters. The Morgan fingerprint density at radius 2 is 2.33 bits per heavy atom. The number of benzene rings is 1. The van der Waals surface area contributed by atoms with Crippen molar-refractivity contribution < 1.29 is 14.6 Å². The number of aromatic hydroxyl groups is 1. The van der Waals surface area contributed by atoms with Crippen LogP contribution < -0.4 is 10.6 Å². The van der Waals surface area contributed by atoms with Crippen molar-refractivity contribution in [2.24, 2.45) is 0 Å². The summed E-state index contributed by atoms with van der Waals surface area (Å²) in [4.78, 5) is 12.0. The van der Waals surface area contributed by atoms with Crippen LogP contribution in [-0.2, 0) is 4.74 Å². The van der Waals surface area contributed by atoms with Crippen LogP contribution >= 0.6 is 11.6 Å².